The highest BCUT2D eigenvalue weighted by Gasteiger charge is 2.09. The molecule has 0 aliphatic heterocycles. The van der Waals surface area contributed by atoms with E-state index in [1.807, 2.05) is 24.3 Å². The molecule has 1 N–H and O–H groups in total. The maximum Gasteiger partial charge on any atom is 0.131 e. The van der Waals surface area contributed by atoms with Crippen LogP contribution in [0.25, 0.3) is 10.9 Å². The van der Waals surface area contributed by atoms with Crippen LogP contribution in [0.3, 0.4) is 0 Å². The molecule has 0 spiro atoms. The van der Waals surface area contributed by atoms with Crippen LogP contribution in [0.2, 0.25) is 0 Å². The summed E-state index contributed by atoms with van der Waals surface area (Å²) in [6, 6.07) is 11.4. The first-order valence-electron chi connectivity index (χ1n) is 6.36. The van der Waals surface area contributed by atoms with Crippen molar-refractivity contribution >= 4 is 32.5 Å². The lowest BCUT2D eigenvalue weighted by Crippen LogP contribution is -2.05. The summed E-state index contributed by atoms with van der Waals surface area (Å²) in [6.07, 6.45) is 1.69. The molecule has 0 amide bonds. The van der Waals surface area contributed by atoms with Crippen molar-refractivity contribution in [3.8, 4) is 0 Å². The van der Waals surface area contributed by atoms with E-state index in [0.717, 1.165) is 21.1 Å². The van der Waals surface area contributed by atoms with E-state index in [2.05, 4.69) is 26.2 Å². The van der Waals surface area contributed by atoms with E-state index in [9.17, 15) is 8.78 Å². The summed E-state index contributed by atoms with van der Waals surface area (Å²) >= 11 is 3.37. The van der Waals surface area contributed by atoms with Crippen molar-refractivity contribution in [2.75, 3.05) is 5.32 Å². The maximum absolute atomic E-state index is 13.6. The van der Waals surface area contributed by atoms with Crippen molar-refractivity contribution in [3.05, 3.63) is 70.3 Å². The molecule has 0 atom stereocenters. The summed E-state index contributed by atoms with van der Waals surface area (Å²) in [6.45, 7) is 0.0648. The second-order valence-electron chi connectivity index (χ2n) is 4.58. The normalized spacial score (nSPS) is 10.8. The summed E-state index contributed by atoms with van der Waals surface area (Å²) < 4.78 is 28.1. The summed E-state index contributed by atoms with van der Waals surface area (Å²) in [5.74, 6) is -1.11. The quantitative estimate of drug-likeness (QED) is 0.728. The molecular formula is C16H11BrF2N2. The van der Waals surface area contributed by atoms with Crippen LogP contribution < -0.4 is 5.32 Å². The third kappa shape index (κ3) is 2.88. The Labute approximate surface area is 129 Å². The van der Waals surface area contributed by atoms with Crippen molar-refractivity contribution in [2.45, 2.75) is 6.54 Å². The third-order valence-electron chi connectivity index (χ3n) is 3.19. The standard InChI is InChI=1S/C16H11BrF2N2/c17-11-7-10-3-1-6-15(16(10)21-8-11)20-9-12-13(18)4-2-5-14(12)19/h1-8,20H,9H2. The number of para-hydroxylation sites is 1. The van der Waals surface area contributed by atoms with Crippen molar-refractivity contribution < 1.29 is 8.78 Å². The van der Waals surface area contributed by atoms with Crippen LogP contribution in [0, 0.1) is 11.6 Å². The van der Waals surface area contributed by atoms with Gasteiger partial charge in [-0.05, 0) is 40.2 Å². The minimum absolute atomic E-state index is 0.0200. The van der Waals surface area contributed by atoms with Crippen LogP contribution >= 0.6 is 15.9 Å². The number of fused-ring (bicyclic) bond motifs is 1. The number of benzene rings is 2. The van der Waals surface area contributed by atoms with Gasteiger partial charge in [0.05, 0.1) is 11.2 Å². The Kier molecular flexibility index (Phi) is 3.84. The molecule has 0 aliphatic carbocycles. The fourth-order valence-electron chi connectivity index (χ4n) is 2.16. The van der Waals surface area contributed by atoms with Crippen LogP contribution in [-0.2, 0) is 6.54 Å². The number of pyridine rings is 1. The zero-order valence-corrected chi connectivity index (χ0v) is 12.5. The number of hydrogen-bond acceptors (Lipinski definition) is 2. The topological polar surface area (TPSA) is 24.9 Å². The number of aromatic nitrogens is 1. The largest absolute Gasteiger partial charge is 0.379 e. The molecule has 1 aromatic heterocycles. The highest BCUT2D eigenvalue weighted by molar-refractivity contribution is 9.10. The Morgan fingerprint density at radius 1 is 1.05 bits per heavy atom. The molecule has 0 radical (unpaired) electrons. The summed E-state index contributed by atoms with van der Waals surface area (Å²) in [5, 5.41) is 3.99. The number of halogens is 3. The first-order valence-corrected chi connectivity index (χ1v) is 7.15. The molecule has 1 heterocycles. The van der Waals surface area contributed by atoms with Crippen molar-refractivity contribution in [1.82, 2.24) is 4.98 Å². The van der Waals surface area contributed by atoms with Crippen molar-refractivity contribution in [3.63, 3.8) is 0 Å². The predicted molar refractivity (Wildman–Crippen MR) is 83.1 cm³/mol. The van der Waals surface area contributed by atoms with Gasteiger partial charge in [0.15, 0.2) is 0 Å². The van der Waals surface area contributed by atoms with Gasteiger partial charge in [0.2, 0.25) is 0 Å². The van der Waals surface area contributed by atoms with Gasteiger partial charge in [-0.3, -0.25) is 4.98 Å². The monoisotopic (exact) mass is 348 g/mol. The van der Waals surface area contributed by atoms with E-state index in [-0.39, 0.29) is 12.1 Å². The molecule has 0 bridgehead atoms. The lowest BCUT2D eigenvalue weighted by molar-refractivity contribution is 0.560. The van der Waals surface area contributed by atoms with E-state index in [1.54, 1.807) is 6.20 Å². The molecular weight excluding hydrogens is 338 g/mol. The average molecular weight is 349 g/mol. The van der Waals surface area contributed by atoms with Crippen LogP contribution in [0.5, 0.6) is 0 Å². The Morgan fingerprint density at radius 3 is 2.52 bits per heavy atom. The van der Waals surface area contributed by atoms with E-state index in [1.165, 1.54) is 18.2 Å². The van der Waals surface area contributed by atoms with Gasteiger partial charge in [-0.2, -0.15) is 0 Å². The molecule has 3 aromatic rings. The van der Waals surface area contributed by atoms with Crippen molar-refractivity contribution in [2.24, 2.45) is 0 Å². The van der Waals surface area contributed by atoms with Crippen LogP contribution in [0.1, 0.15) is 5.56 Å². The van der Waals surface area contributed by atoms with Gasteiger partial charge in [0.1, 0.15) is 11.6 Å². The molecule has 3 rings (SSSR count). The van der Waals surface area contributed by atoms with E-state index in [0.29, 0.717) is 0 Å². The van der Waals surface area contributed by atoms with Gasteiger partial charge in [-0.15, -0.1) is 0 Å². The SMILES string of the molecule is Fc1cccc(F)c1CNc1cccc2cc(Br)cnc12. The average Bonchev–Trinajstić information content (AvgIpc) is 2.46. The first-order chi connectivity index (χ1) is 10.1. The number of nitrogens with one attached hydrogen (secondary N) is 1. The Balaban J connectivity index is 1.92. The number of nitrogens with zero attached hydrogens (tertiary/aromatic N) is 1. The van der Waals surface area contributed by atoms with Crippen LogP contribution in [-0.4, -0.2) is 4.98 Å². The van der Waals surface area contributed by atoms with Gasteiger partial charge in [0.25, 0.3) is 0 Å². The van der Waals surface area contributed by atoms with Gasteiger partial charge >= 0.3 is 0 Å². The zero-order valence-electron chi connectivity index (χ0n) is 10.9. The molecule has 2 aromatic carbocycles. The lowest BCUT2D eigenvalue weighted by Gasteiger charge is -2.10. The first kappa shape index (κ1) is 13.9. The fourth-order valence-corrected chi connectivity index (χ4v) is 2.51. The van der Waals surface area contributed by atoms with Crippen LogP contribution in [0.4, 0.5) is 14.5 Å². The second kappa shape index (κ2) is 5.77. The van der Waals surface area contributed by atoms with Crippen LogP contribution in [0.15, 0.2) is 53.1 Å². The van der Waals surface area contributed by atoms with Gasteiger partial charge in [0, 0.05) is 28.2 Å². The molecule has 0 unspecified atom stereocenters. The fraction of sp³-hybridized carbons (Fsp3) is 0.0625. The Bertz CT molecular complexity index is 785. The third-order valence-corrected chi connectivity index (χ3v) is 3.63. The molecule has 0 fully saturated rings. The highest BCUT2D eigenvalue weighted by atomic mass is 79.9. The van der Waals surface area contributed by atoms with Gasteiger partial charge in [-0.25, -0.2) is 8.78 Å². The van der Waals surface area contributed by atoms with Gasteiger partial charge in [-0.1, -0.05) is 18.2 Å². The maximum atomic E-state index is 13.6. The van der Waals surface area contributed by atoms with E-state index in [4.69, 9.17) is 0 Å². The molecule has 0 aliphatic rings. The molecule has 0 saturated carbocycles. The molecule has 5 heteroatoms. The highest BCUT2D eigenvalue weighted by Crippen LogP contribution is 2.25. The predicted octanol–water partition coefficient (Wildman–Crippen LogP) is 4.89. The Hall–Kier alpha value is -2.01. The minimum atomic E-state index is -0.557. The summed E-state index contributed by atoms with van der Waals surface area (Å²) in [7, 11) is 0. The number of hydrogen-bond donors (Lipinski definition) is 1. The minimum Gasteiger partial charge on any atom is -0.379 e. The molecule has 106 valence electrons. The van der Waals surface area contributed by atoms with Gasteiger partial charge < -0.3 is 5.32 Å². The molecule has 2 nitrogen and oxygen atoms in total. The smallest absolute Gasteiger partial charge is 0.131 e. The van der Waals surface area contributed by atoms with E-state index >= 15 is 0 Å². The van der Waals surface area contributed by atoms with Crippen molar-refractivity contribution in [1.29, 1.82) is 0 Å². The second-order valence-corrected chi connectivity index (χ2v) is 5.50. The zero-order chi connectivity index (χ0) is 14.8. The van der Waals surface area contributed by atoms with E-state index < -0.39 is 11.6 Å². The summed E-state index contributed by atoms with van der Waals surface area (Å²) in [4.78, 5) is 4.34. The summed E-state index contributed by atoms with van der Waals surface area (Å²) in [5.41, 5.74) is 1.52. The number of anilines is 1. The molecule has 21 heavy (non-hydrogen) atoms. The molecule has 0 saturated heterocycles. The Morgan fingerprint density at radius 2 is 1.76 bits per heavy atom. The lowest BCUT2D eigenvalue weighted by atomic mass is 10.1. The number of rotatable bonds is 3.